The number of pyridine rings is 1. The number of aliphatic hydroxyl groups is 1. The number of Topliss-reactive ketones (excluding diaryl/α,β-unsaturated/α-hetero) is 1. The first-order valence-corrected chi connectivity index (χ1v) is 10.5. The minimum absolute atomic E-state index is 0.0235. The predicted octanol–water partition coefficient (Wildman–Crippen LogP) is 5.16. The number of carbonyl (C=O) groups is 2. The molecule has 1 fully saturated rings. The van der Waals surface area contributed by atoms with E-state index in [9.17, 15) is 19.1 Å². The van der Waals surface area contributed by atoms with E-state index < -0.39 is 29.3 Å². The van der Waals surface area contributed by atoms with E-state index >= 15 is 0 Å². The Labute approximate surface area is 198 Å². The van der Waals surface area contributed by atoms with Crippen molar-refractivity contribution in [3.05, 3.63) is 99.1 Å². The number of hydrogen-bond donors (Lipinski definition) is 1. The number of amides is 1. The molecule has 2 aromatic carbocycles. The minimum Gasteiger partial charge on any atom is -0.507 e. The number of halogens is 3. The fourth-order valence-corrected chi connectivity index (χ4v) is 4.04. The summed E-state index contributed by atoms with van der Waals surface area (Å²) in [4.78, 5) is 31.4. The van der Waals surface area contributed by atoms with Gasteiger partial charge in [0.25, 0.3) is 11.7 Å². The van der Waals surface area contributed by atoms with Gasteiger partial charge in [-0.2, -0.15) is 0 Å². The number of carbonyl (C=O) groups excluding carboxylic acids is 2. The topological polar surface area (TPSA) is 79.7 Å². The number of methoxy groups -OCH3 is 1. The molecule has 168 valence electrons. The van der Waals surface area contributed by atoms with Gasteiger partial charge >= 0.3 is 0 Å². The largest absolute Gasteiger partial charge is 0.507 e. The zero-order chi connectivity index (χ0) is 23.7. The molecule has 0 bridgehead atoms. The second kappa shape index (κ2) is 9.21. The zero-order valence-electron chi connectivity index (χ0n) is 17.3. The van der Waals surface area contributed by atoms with E-state index in [4.69, 9.17) is 27.9 Å². The van der Waals surface area contributed by atoms with Gasteiger partial charge in [-0.05, 0) is 47.5 Å². The summed E-state index contributed by atoms with van der Waals surface area (Å²) in [5, 5.41) is 11.5. The molecular formula is C24H17Cl2FN2O4. The quantitative estimate of drug-likeness (QED) is 0.306. The van der Waals surface area contributed by atoms with Crippen molar-refractivity contribution in [2.24, 2.45) is 0 Å². The van der Waals surface area contributed by atoms with Crippen LogP contribution in [0.3, 0.4) is 0 Å². The van der Waals surface area contributed by atoms with E-state index in [1.807, 2.05) is 0 Å². The average Bonchev–Trinajstić information content (AvgIpc) is 3.06. The van der Waals surface area contributed by atoms with Gasteiger partial charge in [0.15, 0.2) is 11.6 Å². The van der Waals surface area contributed by atoms with Gasteiger partial charge in [-0.1, -0.05) is 35.3 Å². The number of rotatable bonds is 5. The molecule has 6 nitrogen and oxygen atoms in total. The molecule has 1 atom stereocenters. The summed E-state index contributed by atoms with van der Waals surface area (Å²) >= 11 is 12.2. The van der Waals surface area contributed by atoms with Crippen molar-refractivity contribution in [1.82, 2.24) is 9.88 Å². The number of ketones is 1. The summed E-state index contributed by atoms with van der Waals surface area (Å²) in [6, 6.07) is 10.9. The molecule has 1 saturated heterocycles. The van der Waals surface area contributed by atoms with Crippen LogP contribution in [0.25, 0.3) is 5.76 Å². The molecule has 1 aliphatic heterocycles. The molecule has 1 aromatic heterocycles. The van der Waals surface area contributed by atoms with Crippen LogP contribution < -0.4 is 4.74 Å². The minimum atomic E-state index is -0.981. The van der Waals surface area contributed by atoms with Gasteiger partial charge in [-0.3, -0.25) is 14.6 Å². The molecule has 0 saturated carbocycles. The molecule has 3 aromatic rings. The maximum absolute atomic E-state index is 14.3. The summed E-state index contributed by atoms with van der Waals surface area (Å²) in [6.07, 6.45) is 3.16. The molecular weight excluding hydrogens is 470 g/mol. The van der Waals surface area contributed by atoms with E-state index in [1.54, 1.807) is 30.6 Å². The van der Waals surface area contributed by atoms with Crippen molar-refractivity contribution in [1.29, 1.82) is 0 Å². The van der Waals surface area contributed by atoms with Crippen molar-refractivity contribution >= 4 is 40.7 Å². The van der Waals surface area contributed by atoms with E-state index in [0.29, 0.717) is 16.1 Å². The lowest BCUT2D eigenvalue weighted by Crippen LogP contribution is -2.29. The molecule has 33 heavy (non-hydrogen) atoms. The first-order valence-electron chi connectivity index (χ1n) is 9.78. The van der Waals surface area contributed by atoms with Crippen LogP contribution in [0.5, 0.6) is 5.75 Å². The summed E-state index contributed by atoms with van der Waals surface area (Å²) in [5.41, 5.74) is 0.979. The van der Waals surface area contributed by atoms with Crippen LogP contribution in [-0.2, 0) is 16.1 Å². The lowest BCUT2D eigenvalue weighted by molar-refractivity contribution is -0.140. The average molecular weight is 487 g/mol. The van der Waals surface area contributed by atoms with Gasteiger partial charge in [0.05, 0.1) is 28.8 Å². The van der Waals surface area contributed by atoms with E-state index in [0.717, 1.165) is 6.07 Å². The van der Waals surface area contributed by atoms with Gasteiger partial charge in [-0.15, -0.1) is 0 Å². The maximum atomic E-state index is 14.3. The van der Waals surface area contributed by atoms with Gasteiger partial charge in [0, 0.05) is 24.5 Å². The van der Waals surface area contributed by atoms with Crippen LogP contribution in [-0.4, -0.2) is 33.8 Å². The first-order chi connectivity index (χ1) is 15.8. The molecule has 0 aliphatic carbocycles. The second-order valence-corrected chi connectivity index (χ2v) is 8.13. The zero-order valence-corrected chi connectivity index (χ0v) is 18.8. The molecule has 1 amide bonds. The fourth-order valence-electron chi connectivity index (χ4n) is 3.73. The Bertz CT molecular complexity index is 1280. The highest BCUT2D eigenvalue weighted by Gasteiger charge is 2.46. The molecule has 1 N–H and O–H groups in total. The molecule has 9 heteroatoms. The Morgan fingerprint density at radius 2 is 1.94 bits per heavy atom. The third-order valence-electron chi connectivity index (χ3n) is 5.30. The van der Waals surface area contributed by atoms with Crippen LogP contribution in [0, 0.1) is 5.82 Å². The number of nitrogens with zero attached hydrogens (tertiary/aromatic N) is 2. The SMILES string of the molecule is COc1ccc(/C(O)=C2\C(=O)C(=O)N(Cc3cccnc3)C2c2ccc(Cl)c(Cl)c2)cc1F. The smallest absolute Gasteiger partial charge is 0.295 e. The highest BCUT2D eigenvalue weighted by molar-refractivity contribution is 6.46. The van der Waals surface area contributed by atoms with Crippen LogP contribution >= 0.6 is 23.2 Å². The standard InChI is InChI=1S/C24H17Cl2FN2O4/c1-33-19-7-5-15(10-18(19)27)22(30)20-21(14-4-6-16(25)17(26)9-14)29(24(32)23(20)31)12-13-3-2-8-28-11-13/h2-11,21,30H,12H2,1H3/b22-20+. The Morgan fingerprint density at radius 1 is 1.15 bits per heavy atom. The van der Waals surface area contributed by atoms with E-state index in [1.165, 1.54) is 36.3 Å². The van der Waals surface area contributed by atoms with Crippen LogP contribution in [0.2, 0.25) is 10.0 Å². The van der Waals surface area contributed by atoms with Gasteiger partial charge in [-0.25, -0.2) is 4.39 Å². The third-order valence-corrected chi connectivity index (χ3v) is 6.04. The maximum Gasteiger partial charge on any atom is 0.295 e. The third kappa shape index (κ3) is 4.29. The fraction of sp³-hybridized carbons (Fsp3) is 0.125. The monoisotopic (exact) mass is 486 g/mol. The number of likely N-dealkylation sites (tertiary alicyclic amines) is 1. The van der Waals surface area contributed by atoms with Crippen molar-refractivity contribution < 1.29 is 23.8 Å². The van der Waals surface area contributed by atoms with Crippen LogP contribution in [0.4, 0.5) is 4.39 Å². The molecule has 2 heterocycles. The molecule has 0 radical (unpaired) electrons. The number of aromatic nitrogens is 1. The molecule has 1 unspecified atom stereocenters. The van der Waals surface area contributed by atoms with Gasteiger partial charge in [0.1, 0.15) is 5.76 Å². The Balaban J connectivity index is 1.88. The summed E-state index contributed by atoms with van der Waals surface area (Å²) < 4.78 is 19.2. The Morgan fingerprint density at radius 3 is 2.58 bits per heavy atom. The van der Waals surface area contributed by atoms with E-state index in [2.05, 4.69) is 4.98 Å². The number of hydrogen-bond acceptors (Lipinski definition) is 5. The van der Waals surface area contributed by atoms with Crippen molar-refractivity contribution in [3.8, 4) is 5.75 Å². The highest BCUT2D eigenvalue weighted by atomic mass is 35.5. The first kappa shape index (κ1) is 22.8. The van der Waals surface area contributed by atoms with Crippen molar-refractivity contribution in [3.63, 3.8) is 0 Å². The number of ether oxygens (including phenoxy) is 1. The molecule has 0 spiro atoms. The summed E-state index contributed by atoms with van der Waals surface area (Å²) in [6.45, 7) is 0.0527. The van der Waals surface area contributed by atoms with Crippen molar-refractivity contribution in [2.45, 2.75) is 12.6 Å². The lowest BCUT2D eigenvalue weighted by Gasteiger charge is -2.25. The Hall–Kier alpha value is -3.42. The number of aliphatic hydroxyl groups excluding tert-OH is 1. The Kier molecular flexibility index (Phi) is 6.35. The normalized spacial score (nSPS) is 17.5. The lowest BCUT2D eigenvalue weighted by atomic mass is 9.95. The number of benzene rings is 2. The van der Waals surface area contributed by atoms with Gasteiger partial charge < -0.3 is 14.7 Å². The highest BCUT2D eigenvalue weighted by Crippen LogP contribution is 2.42. The predicted molar refractivity (Wildman–Crippen MR) is 121 cm³/mol. The van der Waals surface area contributed by atoms with Crippen LogP contribution in [0.1, 0.15) is 22.7 Å². The summed E-state index contributed by atoms with van der Waals surface area (Å²) in [5.74, 6) is -2.98. The second-order valence-electron chi connectivity index (χ2n) is 7.31. The van der Waals surface area contributed by atoms with E-state index in [-0.39, 0.29) is 28.5 Å². The molecule has 1 aliphatic rings. The van der Waals surface area contributed by atoms with Crippen LogP contribution in [0.15, 0.2) is 66.5 Å². The molecule has 4 rings (SSSR count). The van der Waals surface area contributed by atoms with Gasteiger partial charge in [0.2, 0.25) is 0 Å². The van der Waals surface area contributed by atoms with Crippen molar-refractivity contribution in [2.75, 3.05) is 7.11 Å². The summed E-state index contributed by atoms with van der Waals surface area (Å²) in [7, 11) is 1.31.